The van der Waals surface area contributed by atoms with E-state index in [0.29, 0.717) is 31.3 Å². The molecular weight excluding hydrogens is 296 g/mol. The van der Waals surface area contributed by atoms with E-state index in [4.69, 9.17) is 9.26 Å². The number of aromatic nitrogens is 2. The number of rotatable bonds is 9. The zero-order chi connectivity index (χ0) is 16.5. The first-order chi connectivity index (χ1) is 11.2. The zero-order valence-corrected chi connectivity index (χ0v) is 13.4. The van der Waals surface area contributed by atoms with Crippen LogP contribution in [0.3, 0.4) is 0 Å². The van der Waals surface area contributed by atoms with E-state index in [-0.39, 0.29) is 18.5 Å². The van der Waals surface area contributed by atoms with Crippen LogP contribution in [-0.4, -0.2) is 42.9 Å². The maximum absolute atomic E-state index is 11.8. The minimum atomic E-state index is -0.330. The minimum absolute atomic E-state index is 0.128. The van der Waals surface area contributed by atoms with Crippen LogP contribution < -0.4 is 10.6 Å². The van der Waals surface area contributed by atoms with Crippen molar-refractivity contribution in [3.63, 3.8) is 0 Å². The van der Waals surface area contributed by atoms with Crippen molar-refractivity contribution in [3.05, 3.63) is 47.6 Å². The summed E-state index contributed by atoms with van der Waals surface area (Å²) in [7, 11) is 1.62. The first kappa shape index (κ1) is 17.1. The highest BCUT2D eigenvalue weighted by atomic mass is 16.5. The fourth-order valence-electron chi connectivity index (χ4n) is 2.02. The van der Waals surface area contributed by atoms with Crippen LogP contribution in [0.2, 0.25) is 0 Å². The van der Waals surface area contributed by atoms with Crippen molar-refractivity contribution in [1.82, 2.24) is 20.8 Å². The number of carbonyl (C=O) groups is 1. The second-order valence-electron chi connectivity index (χ2n) is 5.17. The summed E-state index contributed by atoms with van der Waals surface area (Å²) in [4.78, 5) is 16.1. The molecule has 0 fully saturated rings. The van der Waals surface area contributed by atoms with Gasteiger partial charge >= 0.3 is 0 Å². The van der Waals surface area contributed by atoms with Crippen LogP contribution in [0.15, 0.2) is 34.9 Å². The molecule has 1 amide bonds. The van der Waals surface area contributed by atoms with Crippen LogP contribution in [0, 0.1) is 0 Å². The van der Waals surface area contributed by atoms with E-state index in [1.54, 1.807) is 7.11 Å². The maximum atomic E-state index is 11.8. The lowest BCUT2D eigenvalue weighted by molar-refractivity contribution is -0.121. The van der Waals surface area contributed by atoms with Crippen molar-refractivity contribution >= 4 is 5.91 Å². The van der Waals surface area contributed by atoms with Crippen molar-refractivity contribution in [1.29, 1.82) is 0 Å². The summed E-state index contributed by atoms with van der Waals surface area (Å²) in [6, 6.07) is 9.58. The minimum Gasteiger partial charge on any atom is -0.383 e. The van der Waals surface area contributed by atoms with Gasteiger partial charge in [0, 0.05) is 20.1 Å². The van der Waals surface area contributed by atoms with Gasteiger partial charge in [-0.3, -0.25) is 4.79 Å². The van der Waals surface area contributed by atoms with Gasteiger partial charge in [-0.25, -0.2) is 0 Å². The Balaban J connectivity index is 1.81. The lowest BCUT2D eigenvalue weighted by Crippen LogP contribution is -2.36. The fourth-order valence-corrected chi connectivity index (χ4v) is 2.02. The van der Waals surface area contributed by atoms with Crippen LogP contribution in [0.5, 0.6) is 0 Å². The van der Waals surface area contributed by atoms with E-state index in [9.17, 15) is 4.79 Å². The number of nitrogens with one attached hydrogen (secondary N) is 2. The Morgan fingerprint density at radius 3 is 2.87 bits per heavy atom. The highest BCUT2D eigenvalue weighted by Crippen LogP contribution is 2.12. The number of benzene rings is 1. The Labute approximate surface area is 135 Å². The molecule has 2 N–H and O–H groups in total. The van der Waals surface area contributed by atoms with E-state index in [1.807, 2.05) is 37.3 Å². The van der Waals surface area contributed by atoms with Gasteiger partial charge in [-0.15, -0.1) is 0 Å². The van der Waals surface area contributed by atoms with Gasteiger partial charge < -0.3 is 19.9 Å². The van der Waals surface area contributed by atoms with Crippen LogP contribution in [0.1, 0.15) is 30.2 Å². The maximum Gasteiger partial charge on any atom is 0.248 e. The van der Waals surface area contributed by atoms with Crippen LogP contribution in [-0.2, 0) is 16.0 Å². The second kappa shape index (κ2) is 9.02. The largest absolute Gasteiger partial charge is 0.383 e. The third kappa shape index (κ3) is 5.80. The molecule has 1 unspecified atom stereocenters. The van der Waals surface area contributed by atoms with Gasteiger partial charge in [0.25, 0.3) is 0 Å². The van der Waals surface area contributed by atoms with Gasteiger partial charge in [-0.1, -0.05) is 35.5 Å². The summed E-state index contributed by atoms with van der Waals surface area (Å²) in [5.41, 5.74) is 1.11. The van der Waals surface area contributed by atoms with Gasteiger partial charge in [0.1, 0.15) is 6.04 Å². The van der Waals surface area contributed by atoms with E-state index in [2.05, 4.69) is 20.8 Å². The standard InChI is InChI=1S/C16H22N4O3/c1-12(18-15(21)11-17-8-9-22-2)16-19-14(20-23-16)10-13-6-4-3-5-7-13/h3-7,12,17H,8-11H2,1-2H3,(H,18,21). The Kier molecular flexibility index (Phi) is 6.71. The SMILES string of the molecule is COCCNCC(=O)NC(C)c1nc(Cc2ccccc2)no1. The Bertz CT molecular complexity index is 600. The summed E-state index contributed by atoms with van der Waals surface area (Å²) < 4.78 is 10.1. The molecule has 0 bridgehead atoms. The molecule has 1 aromatic carbocycles. The normalized spacial score (nSPS) is 12.1. The number of hydrogen-bond donors (Lipinski definition) is 2. The molecule has 23 heavy (non-hydrogen) atoms. The lowest BCUT2D eigenvalue weighted by atomic mass is 10.1. The van der Waals surface area contributed by atoms with Gasteiger partial charge in [0.15, 0.2) is 5.82 Å². The predicted octanol–water partition coefficient (Wildman–Crippen LogP) is 1.07. The molecule has 2 aromatic rings. The Hall–Kier alpha value is -2.25. The molecule has 7 heteroatoms. The molecule has 0 aliphatic rings. The smallest absolute Gasteiger partial charge is 0.248 e. The van der Waals surface area contributed by atoms with Crippen molar-refractivity contribution in [3.8, 4) is 0 Å². The molecule has 0 spiro atoms. The topological polar surface area (TPSA) is 89.3 Å². The summed E-state index contributed by atoms with van der Waals surface area (Å²) in [5.74, 6) is 0.878. The molecule has 124 valence electrons. The number of amides is 1. The summed E-state index contributed by atoms with van der Waals surface area (Å²) >= 11 is 0. The quantitative estimate of drug-likeness (QED) is 0.672. The molecule has 0 aliphatic carbocycles. The van der Waals surface area contributed by atoms with E-state index < -0.39 is 0 Å². The number of methoxy groups -OCH3 is 1. The molecule has 0 saturated carbocycles. The summed E-state index contributed by atoms with van der Waals surface area (Å²) in [6.07, 6.45) is 0.601. The summed E-state index contributed by atoms with van der Waals surface area (Å²) in [6.45, 7) is 3.22. The number of carbonyl (C=O) groups excluding carboxylic acids is 1. The zero-order valence-electron chi connectivity index (χ0n) is 13.4. The van der Waals surface area contributed by atoms with Crippen molar-refractivity contribution in [2.75, 3.05) is 26.8 Å². The van der Waals surface area contributed by atoms with Gasteiger partial charge in [-0.2, -0.15) is 4.98 Å². The second-order valence-corrected chi connectivity index (χ2v) is 5.17. The number of hydrogen-bond acceptors (Lipinski definition) is 6. The molecule has 0 aliphatic heterocycles. The van der Waals surface area contributed by atoms with Gasteiger partial charge in [-0.05, 0) is 12.5 Å². The Morgan fingerprint density at radius 2 is 2.13 bits per heavy atom. The molecular formula is C16H22N4O3. The van der Waals surface area contributed by atoms with Crippen LogP contribution in [0.4, 0.5) is 0 Å². The van der Waals surface area contributed by atoms with E-state index in [0.717, 1.165) is 5.56 Å². The molecule has 7 nitrogen and oxygen atoms in total. The average molecular weight is 318 g/mol. The monoisotopic (exact) mass is 318 g/mol. The Morgan fingerprint density at radius 1 is 1.35 bits per heavy atom. The first-order valence-electron chi connectivity index (χ1n) is 7.54. The predicted molar refractivity (Wildman–Crippen MR) is 84.8 cm³/mol. The van der Waals surface area contributed by atoms with E-state index >= 15 is 0 Å². The van der Waals surface area contributed by atoms with Gasteiger partial charge in [0.2, 0.25) is 11.8 Å². The molecule has 1 heterocycles. The highest BCUT2D eigenvalue weighted by molar-refractivity contribution is 5.78. The van der Waals surface area contributed by atoms with Crippen molar-refractivity contribution in [2.24, 2.45) is 0 Å². The van der Waals surface area contributed by atoms with Gasteiger partial charge in [0.05, 0.1) is 13.2 Å². The average Bonchev–Trinajstić information content (AvgIpc) is 3.01. The molecule has 0 saturated heterocycles. The number of ether oxygens (including phenoxy) is 1. The third-order valence-electron chi connectivity index (χ3n) is 3.21. The van der Waals surface area contributed by atoms with Crippen LogP contribution >= 0.6 is 0 Å². The van der Waals surface area contributed by atoms with E-state index in [1.165, 1.54) is 0 Å². The third-order valence-corrected chi connectivity index (χ3v) is 3.21. The molecule has 1 aromatic heterocycles. The first-order valence-corrected chi connectivity index (χ1v) is 7.54. The summed E-state index contributed by atoms with van der Waals surface area (Å²) in [5, 5.41) is 9.75. The van der Waals surface area contributed by atoms with Crippen molar-refractivity contribution < 1.29 is 14.1 Å². The highest BCUT2D eigenvalue weighted by Gasteiger charge is 2.16. The fraction of sp³-hybridized carbons (Fsp3) is 0.438. The molecule has 2 rings (SSSR count). The van der Waals surface area contributed by atoms with Crippen LogP contribution in [0.25, 0.3) is 0 Å². The van der Waals surface area contributed by atoms with Crippen molar-refractivity contribution in [2.45, 2.75) is 19.4 Å². The molecule has 1 atom stereocenters. The lowest BCUT2D eigenvalue weighted by Gasteiger charge is -2.10. The molecule has 0 radical (unpaired) electrons. The number of nitrogens with zero attached hydrogens (tertiary/aromatic N) is 2.